The second-order valence-corrected chi connectivity index (χ2v) is 7.84. The summed E-state index contributed by atoms with van der Waals surface area (Å²) in [5.74, 6) is 0.514. The Hall–Kier alpha value is -1.27. The summed E-state index contributed by atoms with van der Waals surface area (Å²) in [4.78, 5) is 10.4. The number of aryl methyl sites for hydroxylation is 3. The van der Waals surface area contributed by atoms with Crippen LogP contribution in [0.25, 0.3) is 16.2 Å². The molecular formula is C17H21BrN4S. The van der Waals surface area contributed by atoms with Gasteiger partial charge in [-0.2, -0.15) is 5.10 Å². The number of aromatic nitrogens is 4. The standard InChI is InChI=1S/C17H21BrN4S/c1-6-12(7-2)13-8-9(3)21-22-14(10(4)19-17(13)22)15-16(18)20-11(5)23-15/h8,12H,6-7H2,1-5H3. The molecule has 3 aromatic heterocycles. The first-order valence-electron chi connectivity index (χ1n) is 7.96. The van der Waals surface area contributed by atoms with Gasteiger partial charge < -0.3 is 0 Å². The zero-order valence-corrected chi connectivity index (χ0v) is 16.5. The molecule has 3 aromatic rings. The number of imidazole rings is 1. The van der Waals surface area contributed by atoms with Crippen LogP contribution in [0.2, 0.25) is 0 Å². The SMILES string of the molecule is CCC(CC)c1cc(C)nn2c(-c3sc(C)nc3Br)c(C)nc12. The van der Waals surface area contributed by atoms with E-state index in [2.05, 4.69) is 54.7 Å². The molecule has 0 N–H and O–H groups in total. The van der Waals surface area contributed by atoms with E-state index in [0.29, 0.717) is 5.92 Å². The predicted octanol–water partition coefficient (Wildman–Crippen LogP) is 5.44. The fourth-order valence-corrected chi connectivity index (χ4v) is 4.82. The first-order valence-corrected chi connectivity index (χ1v) is 9.57. The molecule has 0 unspecified atom stereocenters. The van der Waals surface area contributed by atoms with Gasteiger partial charge in [0.1, 0.15) is 10.3 Å². The largest absolute Gasteiger partial charge is 0.234 e. The first-order chi connectivity index (χ1) is 11.0. The van der Waals surface area contributed by atoms with Gasteiger partial charge >= 0.3 is 0 Å². The Morgan fingerprint density at radius 3 is 2.43 bits per heavy atom. The molecule has 3 heterocycles. The quantitative estimate of drug-likeness (QED) is 0.593. The monoisotopic (exact) mass is 392 g/mol. The number of thiazole rings is 1. The van der Waals surface area contributed by atoms with Crippen LogP contribution in [0.1, 0.15) is 54.6 Å². The maximum atomic E-state index is 4.86. The second-order valence-electron chi connectivity index (χ2n) is 5.89. The third-order valence-electron chi connectivity index (χ3n) is 4.24. The normalized spacial score (nSPS) is 11.8. The topological polar surface area (TPSA) is 43.1 Å². The van der Waals surface area contributed by atoms with E-state index in [1.165, 1.54) is 5.56 Å². The molecule has 0 saturated carbocycles. The van der Waals surface area contributed by atoms with Crippen LogP contribution in [0.15, 0.2) is 10.7 Å². The molecule has 122 valence electrons. The Morgan fingerprint density at radius 1 is 1.17 bits per heavy atom. The summed E-state index contributed by atoms with van der Waals surface area (Å²) in [6, 6.07) is 2.19. The van der Waals surface area contributed by atoms with Crippen LogP contribution in [0.5, 0.6) is 0 Å². The molecule has 0 aliphatic heterocycles. The van der Waals surface area contributed by atoms with E-state index in [1.54, 1.807) is 11.3 Å². The highest BCUT2D eigenvalue weighted by Gasteiger charge is 2.22. The van der Waals surface area contributed by atoms with Gasteiger partial charge in [-0.3, -0.25) is 0 Å². The fourth-order valence-electron chi connectivity index (χ4n) is 3.12. The molecule has 0 saturated heterocycles. The highest BCUT2D eigenvalue weighted by Crippen LogP contribution is 2.37. The average Bonchev–Trinajstić information content (AvgIpc) is 2.98. The summed E-state index contributed by atoms with van der Waals surface area (Å²) in [7, 11) is 0. The Kier molecular flexibility index (Phi) is 4.56. The van der Waals surface area contributed by atoms with Gasteiger partial charge in [-0.25, -0.2) is 14.5 Å². The number of hydrogen-bond donors (Lipinski definition) is 0. The van der Waals surface area contributed by atoms with Gasteiger partial charge in [0.2, 0.25) is 0 Å². The number of fused-ring (bicyclic) bond motifs is 1. The molecule has 3 rings (SSSR count). The van der Waals surface area contributed by atoms with Crippen LogP contribution in [0.3, 0.4) is 0 Å². The van der Waals surface area contributed by atoms with E-state index in [4.69, 9.17) is 10.1 Å². The number of halogens is 1. The van der Waals surface area contributed by atoms with Crippen LogP contribution in [-0.2, 0) is 0 Å². The maximum absolute atomic E-state index is 4.86. The van der Waals surface area contributed by atoms with Gasteiger partial charge in [-0.05, 0) is 61.5 Å². The van der Waals surface area contributed by atoms with Crippen molar-refractivity contribution in [2.75, 3.05) is 0 Å². The van der Waals surface area contributed by atoms with Gasteiger partial charge in [-0.15, -0.1) is 11.3 Å². The van der Waals surface area contributed by atoms with Gasteiger partial charge in [-0.1, -0.05) is 13.8 Å². The number of nitrogens with zero attached hydrogens (tertiary/aromatic N) is 4. The van der Waals surface area contributed by atoms with Crippen LogP contribution in [0.4, 0.5) is 0 Å². The van der Waals surface area contributed by atoms with Gasteiger partial charge in [0.15, 0.2) is 5.65 Å². The lowest BCUT2D eigenvalue weighted by atomic mass is 9.95. The van der Waals surface area contributed by atoms with Crippen molar-refractivity contribution in [3.8, 4) is 10.6 Å². The van der Waals surface area contributed by atoms with E-state index < -0.39 is 0 Å². The molecule has 0 aliphatic rings. The summed E-state index contributed by atoms with van der Waals surface area (Å²) in [6.07, 6.45) is 2.22. The Balaban J connectivity index is 2.33. The molecule has 0 fully saturated rings. The number of hydrogen-bond acceptors (Lipinski definition) is 4. The smallest absolute Gasteiger partial charge is 0.158 e. The zero-order valence-electron chi connectivity index (χ0n) is 14.1. The van der Waals surface area contributed by atoms with Crippen LogP contribution in [-0.4, -0.2) is 19.6 Å². The van der Waals surface area contributed by atoms with Crippen molar-refractivity contribution in [2.45, 2.75) is 53.4 Å². The van der Waals surface area contributed by atoms with Gasteiger partial charge in [0, 0.05) is 5.56 Å². The average molecular weight is 393 g/mol. The molecule has 6 heteroatoms. The van der Waals surface area contributed by atoms with Crippen molar-refractivity contribution in [3.05, 3.63) is 32.6 Å². The molecule has 0 spiro atoms. The highest BCUT2D eigenvalue weighted by atomic mass is 79.9. The molecular weight excluding hydrogens is 372 g/mol. The fraction of sp³-hybridized carbons (Fsp3) is 0.471. The minimum absolute atomic E-state index is 0.514. The van der Waals surface area contributed by atoms with Crippen LogP contribution in [0, 0.1) is 20.8 Å². The lowest BCUT2D eigenvalue weighted by Crippen LogP contribution is -2.04. The summed E-state index contributed by atoms with van der Waals surface area (Å²) in [6.45, 7) is 10.6. The van der Waals surface area contributed by atoms with E-state index in [-0.39, 0.29) is 0 Å². The van der Waals surface area contributed by atoms with Crippen molar-refractivity contribution in [3.63, 3.8) is 0 Å². The maximum Gasteiger partial charge on any atom is 0.158 e. The minimum atomic E-state index is 0.514. The summed E-state index contributed by atoms with van der Waals surface area (Å²) in [5, 5.41) is 5.78. The first kappa shape index (κ1) is 16.6. The highest BCUT2D eigenvalue weighted by molar-refractivity contribution is 9.10. The Labute approximate surface area is 149 Å². The third-order valence-corrected chi connectivity index (χ3v) is 6.06. The molecule has 0 atom stereocenters. The number of rotatable bonds is 4. The molecule has 0 aliphatic carbocycles. The van der Waals surface area contributed by atoms with Crippen molar-refractivity contribution >= 4 is 32.9 Å². The molecule has 23 heavy (non-hydrogen) atoms. The molecule has 0 aromatic carbocycles. The molecule has 4 nitrogen and oxygen atoms in total. The van der Waals surface area contributed by atoms with Gasteiger partial charge in [0.25, 0.3) is 0 Å². The van der Waals surface area contributed by atoms with E-state index in [9.17, 15) is 0 Å². The Morgan fingerprint density at radius 2 is 1.87 bits per heavy atom. The van der Waals surface area contributed by atoms with Crippen molar-refractivity contribution < 1.29 is 0 Å². The van der Waals surface area contributed by atoms with E-state index in [0.717, 1.165) is 50.1 Å². The Bertz CT molecular complexity index is 861. The molecule has 0 bridgehead atoms. The van der Waals surface area contributed by atoms with Gasteiger partial charge in [0.05, 0.1) is 21.3 Å². The summed E-state index contributed by atoms with van der Waals surface area (Å²) in [5.41, 5.74) is 5.35. The lowest BCUT2D eigenvalue weighted by molar-refractivity contribution is 0.638. The van der Waals surface area contributed by atoms with Crippen molar-refractivity contribution in [1.82, 2.24) is 19.6 Å². The predicted molar refractivity (Wildman–Crippen MR) is 99.3 cm³/mol. The van der Waals surface area contributed by atoms with E-state index >= 15 is 0 Å². The molecule has 0 radical (unpaired) electrons. The van der Waals surface area contributed by atoms with Crippen LogP contribution < -0.4 is 0 Å². The lowest BCUT2D eigenvalue weighted by Gasteiger charge is -2.14. The molecule has 0 amide bonds. The second kappa shape index (κ2) is 6.32. The third kappa shape index (κ3) is 2.83. The van der Waals surface area contributed by atoms with Crippen LogP contribution >= 0.6 is 27.3 Å². The zero-order chi connectivity index (χ0) is 16.7. The van der Waals surface area contributed by atoms with E-state index in [1.807, 2.05) is 11.4 Å². The summed E-state index contributed by atoms with van der Waals surface area (Å²) < 4.78 is 2.88. The van der Waals surface area contributed by atoms with Crippen molar-refractivity contribution in [2.24, 2.45) is 0 Å². The van der Waals surface area contributed by atoms with Crippen molar-refractivity contribution in [1.29, 1.82) is 0 Å². The minimum Gasteiger partial charge on any atom is -0.234 e. The summed E-state index contributed by atoms with van der Waals surface area (Å²) >= 11 is 5.26.